The molecule has 1 aromatic rings. The molecular weight excluding hydrogens is 413 g/mol. The zero-order valence-corrected chi connectivity index (χ0v) is 17.4. The molecule has 0 aromatic carbocycles. The number of ether oxygens (including phenoxy) is 2. The van der Waals surface area contributed by atoms with Crippen LogP contribution in [0.4, 0.5) is 19.0 Å². The van der Waals surface area contributed by atoms with Gasteiger partial charge in [-0.1, -0.05) is 0 Å². The molecule has 7 nitrogen and oxygen atoms in total. The van der Waals surface area contributed by atoms with Gasteiger partial charge in [0.15, 0.2) is 0 Å². The summed E-state index contributed by atoms with van der Waals surface area (Å²) in [6.45, 7) is 3.95. The van der Waals surface area contributed by atoms with Gasteiger partial charge in [-0.05, 0) is 37.5 Å². The number of alkyl halides is 3. The van der Waals surface area contributed by atoms with Gasteiger partial charge >= 0.3 is 6.18 Å². The van der Waals surface area contributed by atoms with Gasteiger partial charge in [0.25, 0.3) is 0 Å². The predicted octanol–water partition coefficient (Wildman–Crippen LogP) is 2.66. The number of fused-ring (bicyclic) bond motifs is 1. The van der Waals surface area contributed by atoms with E-state index in [1.54, 1.807) is 0 Å². The number of nitrogens with one attached hydrogen (secondary N) is 1. The van der Waals surface area contributed by atoms with E-state index in [1.807, 2.05) is 4.90 Å². The highest BCUT2D eigenvalue weighted by Crippen LogP contribution is 2.37. The molecule has 0 radical (unpaired) electrons. The summed E-state index contributed by atoms with van der Waals surface area (Å²) in [6, 6.07) is 1.000. The molecule has 3 atom stereocenters. The normalized spacial score (nSPS) is 27.2. The van der Waals surface area contributed by atoms with Crippen LogP contribution < -0.4 is 10.2 Å². The number of amides is 1. The second kappa shape index (κ2) is 9.68. The monoisotopic (exact) mass is 442 g/mol. The van der Waals surface area contributed by atoms with E-state index >= 15 is 0 Å². The summed E-state index contributed by atoms with van der Waals surface area (Å²) in [4.78, 5) is 21.6. The molecule has 0 saturated carbocycles. The standard InChI is InChI=1S/C21H29F3N4O3/c22-21(23,24)18-10-19(27-13-26-18)28-6-2-16-15(11-28)12-31-17(16)9-20(29)25-5-1-14-3-7-30-8-4-14/h10,13-17H,1-9,11-12H2,(H,25,29)/t15-,16-,17+/m1/s1. The minimum atomic E-state index is -4.49. The summed E-state index contributed by atoms with van der Waals surface area (Å²) < 4.78 is 50.1. The molecule has 1 N–H and O–H groups in total. The van der Waals surface area contributed by atoms with Crippen LogP contribution in [0.1, 0.15) is 37.8 Å². The Morgan fingerprint density at radius 3 is 2.81 bits per heavy atom. The molecule has 3 fully saturated rings. The van der Waals surface area contributed by atoms with Crippen molar-refractivity contribution in [2.45, 2.75) is 44.4 Å². The van der Waals surface area contributed by atoms with Gasteiger partial charge in [-0.25, -0.2) is 9.97 Å². The van der Waals surface area contributed by atoms with Crippen LogP contribution in [0.25, 0.3) is 0 Å². The highest BCUT2D eigenvalue weighted by atomic mass is 19.4. The molecule has 3 aliphatic heterocycles. The quantitative estimate of drug-likeness (QED) is 0.730. The lowest BCUT2D eigenvalue weighted by Gasteiger charge is -2.36. The molecule has 4 rings (SSSR count). The Labute approximate surface area is 179 Å². The molecule has 3 saturated heterocycles. The molecule has 0 bridgehead atoms. The highest BCUT2D eigenvalue weighted by molar-refractivity contribution is 5.76. The van der Waals surface area contributed by atoms with Crippen molar-refractivity contribution in [1.82, 2.24) is 15.3 Å². The number of carbonyl (C=O) groups is 1. The summed E-state index contributed by atoms with van der Waals surface area (Å²) in [7, 11) is 0. The van der Waals surface area contributed by atoms with E-state index in [0.29, 0.717) is 38.6 Å². The molecule has 1 amide bonds. The average molecular weight is 442 g/mol. The van der Waals surface area contributed by atoms with E-state index in [-0.39, 0.29) is 29.7 Å². The smallest absolute Gasteiger partial charge is 0.381 e. The molecule has 1 aromatic heterocycles. The first-order valence-corrected chi connectivity index (χ1v) is 11.0. The fraction of sp³-hybridized carbons (Fsp3) is 0.762. The predicted molar refractivity (Wildman–Crippen MR) is 106 cm³/mol. The van der Waals surface area contributed by atoms with Crippen molar-refractivity contribution in [2.75, 3.05) is 44.4 Å². The molecule has 172 valence electrons. The zero-order valence-electron chi connectivity index (χ0n) is 17.4. The van der Waals surface area contributed by atoms with E-state index in [2.05, 4.69) is 15.3 Å². The average Bonchev–Trinajstić information content (AvgIpc) is 3.16. The molecule has 0 unspecified atom stereocenters. The second-order valence-electron chi connectivity index (χ2n) is 8.69. The van der Waals surface area contributed by atoms with E-state index in [4.69, 9.17) is 9.47 Å². The van der Waals surface area contributed by atoms with E-state index in [9.17, 15) is 18.0 Å². The lowest BCUT2D eigenvalue weighted by Crippen LogP contribution is -2.43. The first-order valence-electron chi connectivity index (χ1n) is 11.0. The molecule has 10 heteroatoms. The lowest BCUT2D eigenvalue weighted by molar-refractivity contribution is -0.141. The third-order valence-electron chi connectivity index (χ3n) is 6.66. The van der Waals surface area contributed by atoms with Crippen molar-refractivity contribution in [3.63, 3.8) is 0 Å². The third kappa shape index (κ3) is 5.65. The Balaban J connectivity index is 1.24. The number of anilines is 1. The number of piperidine rings is 1. The minimum Gasteiger partial charge on any atom is -0.381 e. The van der Waals surface area contributed by atoms with Crippen molar-refractivity contribution in [1.29, 1.82) is 0 Å². The largest absolute Gasteiger partial charge is 0.433 e. The summed E-state index contributed by atoms with van der Waals surface area (Å²) in [5.74, 6) is 1.32. The van der Waals surface area contributed by atoms with Gasteiger partial charge in [0, 0.05) is 44.8 Å². The molecule has 4 heterocycles. The third-order valence-corrected chi connectivity index (χ3v) is 6.66. The Morgan fingerprint density at radius 2 is 2.03 bits per heavy atom. The fourth-order valence-electron chi connectivity index (χ4n) is 4.89. The topological polar surface area (TPSA) is 76.6 Å². The molecule has 0 aliphatic carbocycles. The Morgan fingerprint density at radius 1 is 1.23 bits per heavy atom. The van der Waals surface area contributed by atoms with Gasteiger partial charge in [-0.2, -0.15) is 13.2 Å². The van der Waals surface area contributed by atoms with Crippen LogP contribution in [0.15, 0.2) is 12.4 Å². The number of carbonyl (C=O) groups excluding carboxylic acids is 1. The molecular formula is C21H29F3N4O3. The van der Waals surface area contributed by atoms with Crippen LogP contribution in [-0.4, -0.2) is 61.4 Å². The number of aromatic nitrogens is 2. The lowest BCUT2D eigenvalue weighted by atomic mass is 9.83. The van der Waals surface area contributed by atoms with Crippen LogP contribution in [0.5, 0.6) is 0 Å². The van der Waals surface area contributed by atoms with Crippen molar-refractivity contribution in [3.05, 3.63) is 18.1 Å². The first kappa shape index (κ1) is 22.3. The van der Waals surface area contributed by atoms with Crippen molar-refractivity contribution in [3.8, 4) is 0 Å². The maximum absolute atomic E-state index is 12.9. The van der Waals surface area contributed by atoms with E-state index in [0.717, 1.165) is 51.3 Å². The second-order valence-corrected chi connectivity index (χ2v) is 8.69. The van der Waals surface area contributed by atoms with Crippen LogP contribution >= 0.6 is 0 Å². The summed E-state index contributed by atoms with van der Waals surface area (Å²) >= 11 is 0. The Hall–Kier alpha value is -1.94. The van der Waals surface area contributed by atoms with Crippen molar-refractivity contribution in [2.24, 2.45) is 17.8 Å². The minimum absolute atomic E-state index is 0.00533. The van der Waals surface area contributed by atoms with Crippen LogP contribution in [-0.2, 0) is 20.4 Å². The van der Waals surface area contributed by atoms with Gasteiger partial charge in [-0.15, -0.1) is 0 Å². The SMILES string of the molecule is O=C(C[C@@H]1OC[C@H]2CN(c3cc(C(F)(F)F)ncn3)CC[C@H]21)NCCC1CCOCC1. The van der Waals surface area contributed by atoms with Gasteiger partial charge in [0.05, 0.1) is 19.1 Å². The van der Waals surface area contributed by atoms with Gasteiger partial charge in [-0.3, -0.25) is 4.79 Å². The van der Waals surface area contributed by atoms with Crippen LogP contribution in [0, 0.1) is 17.8 Å². The highest BCUT2D eigenvalue weighted by Gasteiger charge is 2.42. The maximum atomic E-state index is 12.9. The Kier molecular flexibility index (Phi) is 6.95. The zero-order chi connectivity index (χ0) is 21.8. The van der Waals surface area contributed by atoms with Crippen molar-refractivity contribution >= 4 is 11.7 Å². The first-order chi connectivity index (χ1) is 14.9. The number of nitrogens with zero attached hydrogens (tertiary/aromatic N) is 3. The fourth-order valence-corrected chi connectivity index (χ4v) is 4.89. The number of hydrogen-bond acceptors (Lipinski definition) is 6. The Bertz CT molecular complexity index is 758. The molecule has 0 spiro atoms. The van der Waals surface area contributed by atoms with Crippen molar-refractivity contribution < 1.29 is 27.4 Å². The van der Waals surface area contributed by atoms with Gasteiger partial charge in [0.1, 0.15) is 17.8 Å². The van der Waals surface area contributed by atoms with Crippen LogP contribution in [0.3, 0.4) is 0 Å². The van der Waals surface area contributed by atoms with E-state index in [1.165, 1.54) is 0 Å². The van der Waals surface area contributed by atoms with E-state index < -0.39 is 11.9 Å². The van der Waals surface area contributed by atoms with Gasteiger partial charge in [0.2, 0.25) is 5.91 Å². The number of hydrogen-bond donors (Lipinski definition) is 1. The molecule has 31 heavy (non-hydrogen) atoms. The summed E-state index contributed by atoms with van der Waals surface area (Å²) in [5, 5.41) is 3.01. The number of halogens is 3. The summed E-state index contributed by atoms with van der Waals surface area (Å²) in [5.41, 5.74) is -0.933. The van der Waals surface area contributed by atoms with Gasteiger partial charge < -0.3 is 19.7 Å². The molecule has 3 aliphatic rings. The maximum Gasteiger partial charge on any atom is 0.433 e. The number of rotatable bonds is 6. The van der Waals surface area contributed by atoms with Crippen LogP contribution in [0.2, 0.25) is 0 Å². The summed E-state index contributed by atoms with van der Waals surface area (Å²) in [6.07, 6.45) is 0.513.